The normalized spacial score (nSPS) is 14.2. The van der Waals surface area contributed by atoms with Crippen LogP contribution in [0.5, 0.6) is 0 Å². The average Bonchev–Trinajstić information content (AvgIpc) is 3.19. The van der Waals surface area contributed by atoms with Crippen molar-refractivity contribution in [3.63, 3.8) is 0 Å². The minimum Gasteiger partial charge on any atom is -0.462 e. The fourth-order valence-corrected chi connectivity index (χ4v) is 2.78. The molecule has 1 aromatic carbocycles. The lowest BCUT2D eigenvalue weighted by molar-refractivity contribution is -0.117. The summed E-state index contributed by atoms with van der Waals surface area (Å²) in [6, 6.07) is 5.20. The van der Waals surface area contributed by atoms with Crippen LogP contribution in [-0.2, 0) is 9.53 Å². The molecule has 1 heterocycles. The smallest absolute Gasteiger partial charge is 0.338 e. The predicted octanol–water partition coefficient (Wildman–Crippen LogP) is 2.82. The highest BCUT2D eigenvalue weighted by Crippen LogP contribution is 2.32. The first-order chi connectivity index (χ1) is 9.67. The molecule has 1 N–H and O–H groups in total. The number of thiazole rings is 1. The van der Waals surface area contributed by atoms with Gasteiger partial charge in [0.25, 0.3) is 0 Å². The highest BCUT2D eigenvalue weighted by molar-refractivity contribution is 7.22. The second-order valence-corrected chi connectivity index (χ2v) is 5.72. The summed E-state index contributed by atoms with van der Waals surface area (Å²) in [5, 5.41) is 3.40. The third-order valence-electron chi connectivity index (χ3n) is 3.08. The van der Waals surface area contributed by atoms with Crippen molar-refractivity contribution < 1.29 is 14.3 Å². The summed E-state index contributed by atoms with van der Waals surface area (Å²) in [5.41, 5.74) is 1.28. The van der Waals surface area contributed by atoms with E-state index >= 15 is 0 Å². The van der Waals surface area contributed by atoms with E-state index in [1.165, 1.54) is 11.3 Å². The van der Waals surface area contributed by atoms with Crippen LogP contribution in [0.4, 0.5) is 5.13 Å². The van der Waals surface area contributed by atoms with Gasteiger partial charge in [0.1, 0.15) is 0 Å². The Hall–Kier alpha value is -1.95. The molecule has 0 atom stereocenters. The number of hydrogen-bond donors (Lipinski definition) is 1. The molecule has 1 aromatic heterocycles. The maximum absolute atomic E-state index is 11.7. The maximum atomic E-state index is 11.7. The summed E-state index contributed by atoms with van der Waals surface area (Å²) in [5.74, 6) is -0.154. The van der Waals surface area contributed by atoms with Crippen LogP contribution in [0, 0.1) is 5.92 Å². The molecule has 6 heteroatoms. The first-order valence-electron chi connectivity index (χ1n) is 6.56. The van der Waals surface area contributed by atoms with Gasteiger partial charge in [-0.3, -0.25) is 4.79 Å². The molecule has 0 aliphatic heterocycles. The van der Waals surface area contributed by atoms with Gasteiger partial charge in [-0.15, -0.1) is 0 Å². The van der Waals surface area contributed by atoms with Crippen LogP contribution in [0.2, 0.25) is 0 Å². The van der Waals surface area contributed by atoms with E-state index in [1.54, 1.807) is 25.1 Å². The summed E-state index contributed by atoms with van der Waals surface area (Å²) in [4.78, 5) is 27.7. The Balaban J connectivity index is 1.83. The summed E-state index contributed by atoms with van der Waals surface area (Å²) in [6.45, 7) is 2.12. The number of rotatable bonds is 4. The molecule has 0 unspecified atom stereocenters. The Morgan fingerprint density at radius 1 is 1.45 bits per heavy atom. The monoisotopic (exact) mass is 290 g/mol. The van der Waals surface area contributed by atoms with E-state index < -0.39 is 0 Å². The van der Waals surface area contributed by atoms with E-state index in [1.807, 2.05) is 0 Å². The molecular formula is C14H14N2O3S. The third kappa shape index (κ3) is 2.65. The lowest BCUT2D eigenvalue weighted by Gasteiger charge is -2.00. The highest BCUT2D eigenvalue weighted by Gasteiger charge is 2.30. The number of anilines is 1. The maximum Gasteiger partial charge on any atom is 0.338 e. The lowest BCUT2D eigenvalue weighted by Crippen LogP contribution is -2.12. The zero-order valence-electron chi connectivity index (χ0n) is 11.0. The molecule has 1 saturated carbocycles. The van der Waals surface area contributed by atoms with Gasteiger partial charge in [0.15, 0.2) is 5.13 Å². The fourth-order valence-electron chi connectivity index (χ4n) is 1.87. The van der Waals surface area contributed by atoms with E-state index in [0.29, 0.717) is 17.3 Å². The molecule has 0 bridgehead atoms. The largest absolute Gasteiger partial charge is 0.462 e. The number of nitrogens with one attached hydrogen (secondary N) is 1. The number of ether oxygens (including phenoxy) is 1. The molecule has 0 radical (unpaired) electrons. The number of carbonyl (C=O) groups is 2. The summed E-state index contributed by atoms with van der Waals surface area (Å²) >= 11 is 1.37. The van der Waals surface area contributed by atoms with Gasteiger partial charge in [0.05, 0.1) is 22.4 Å². The number of aromatic nitrogens is 1. The van der Waals surface area contributed by atoms with Gasteiger partial charge in [-0.05, 0) is 38.0 Å². The SMILES string of the molecule is CCOC(=O)c1ccc2nc(NC(=O)C3CC3)sc2c1. The molecule has 1 aliphatic carbocycles. The number of hydrogen-bond acceptors (Lipinski definition) is 5. The van der Waals surface area contributed by atoms with Crippen LogP contribution in [0.3, 0.4) is 0 Å². The van der Waals surface area contributed by atoms with Crippen molar-refractivity contribution in [3.8, 4) is 0 Å². The molecule has 1 amide bonds. The van der Waals surface area contributed by atoms with Crippen molar-refractivity contribution in [2.24, 2.45) is 5.92 Å². The molecule has 2 aromatic rings. The first kappa shape index (κ1) is 13.1. The molecule has 5 nitrogen and oxygen atoms in total. The zero-order valence-corrected chi connectivity index (χ0v) is 11.8. The van der Waals surface area contributed by atoms with Crippen LogP contribution in [0.25, 0.3) is 10.2 Å². The number of carbonyl (C=O) groups excluding carboxylic acids is 2. The van der Waals surface area contributed by atoms with Crippen molar-refractivity contribution in [3.05, 3.63) is 23.8 Å². The Morgan fingerprint density at radius 2 is 2.25 bits per heavy atom. The Kier molecular flexibility index (Phi) is 3.40. The van der Waals surface area contributed by atoms with Crippen LogP contribution >= 0.6 is 11.3 Å². The van der Waals surface area contributed by atoms with Crippen LogP contribution in [0.15, 0.2) is 18.2 Å². The Labute approximate surface area is 120 Å². The van der Waals surface area contributed by atoms with Crippen molar-refractivity contribution in [1.82, 2.24) is 4.98 Å². The van der Waals surface area contributed by atoms with Gasteiger partial charge in [-0.2, -0.15) is 0 Å². The summed E-state index contributed by atoms with van der Waals surface area (Å²) in [6.07, 6.45) is 1.92. The number of fused-ring (bicyclic) bond motifs is 1. The van der Waals surface area contributed by atoms with E-state index in [-0.39, 0.29) is 17.8 Å². The van der Waals surface area contributed by atoms with Gasteiger partial charge >= 0.3 is 5.97 Å². The van der Waals surface area contributed by atoms with E-state index in [9.17, 15) is 9.59 Å². The van der Waals surface area contributed by atoms with Crippen LogP contribution in [0.1, 0.15) is 30.1 Å². The lowest BCUT2D eigenvalue weighted by atomic mass is 10.2. The molecule has 1 aliphatic rings. The fraction of sp³-hybridized carbons (Fsp3) is 0.357. The Morgan fingerprint density at radius 3 is 2.95 bits per heavy atom. The number of benzene rings is 1. The molecule has 0 saturated heterocycles. The van der Waals surface area contributed by atoms with Gasteiger partial charge < -0.3 is 10.1 Å². The zero-order chi connectivity index (χ0) is 14.1. The second kappa shape index (κ2) is 5.20. The highest BCUT2D eigenvalue weighted by atomic mass is 32.1. The Bertz CT molecular complexity index is 676. The van der Waals surface area contributed by atoms with Crippen molar-refractivity contribution in [1.29, 1.82) is 0 Å². The van der Waals surface area contributed by atoms with E-state index in [0.717, 1.165) is 23.1 Å². The summed E-state index contributed by atoms with van der Waals surface area (Å²) in [7, 11) is 0. The number of nitrogens with zero attached hydrogens (tertiary/aromatic N) is 1. The minimum atomic E-state index is -0.341. The standard InChI is InChI=1S/C14H14N2O3S/c1-2-19-13(18)9-5-6-10-11(7-9)20-14(15-10)16-12(17)8-3-4-8/h5-8H,2-4H2,1H3,(H,15,16,17). The van der Waals surface area contributed by atoms with Gasteiger partial charge in [0.2, 0.25) is 5.91 Å². The van der Waals surface area contributed by atoms with Crippen LogP contribution in [-0.4, -0.2) is 23.5 Å². The first-order valence-corrected chi connectivity index (χ1v) is 7.37. The van der Waals surface area contributed by atoms with E-state index in [2.05, 4.69) is 10.3 Å². The molecule has 104 valence electrons. The van der Waals surface area contributed by atoms with Crippen molar-refractivity contribution >= 4 is 38.6 Å². The van der Waals surface area contributed by atoms with Gasteiger partial charge in [-0.1, -0.05) is 11.3 Å². The quantitative estimate of drug-likeness (QED) is 0.879. The number of esters is 1. The molecule has 3 rings (SSSR count). The van der Waals surface area contributed by atoms with Gasteiger partial charge in [0, 0.05) is 5.92 Å². The van der Waals surface area contributed by atoms with Crippen molar-refractivity contribution in [2.45, 2.75) is 19.8 Å². The molecule has 1 fully saturated rings. The molecule has 0 spiro atoms. The topological polar surface area (TPSA) is 68.3 Å². The number of amides is 1. The molecular weight excluding hydrogens is 276 g/mol. The summed E-state index contributed by atoms with van der Waals surface area (Å²) < 4.78 is 5.83. The third-order valence-corrected chi connectivity index (χ3v) is 4.01. The minimum absolute atomic E-state index is 0.0367. The molecule has 20 heavy (non-hydrogen) atoms. The van der Waals surface area contributed by atoms with E-state index in [4.69, 9.17) is 4.74 Å². The second-order valence-electron chi connectivity index (χ2n) is 4.69. The average molecular weight is 290 g/mol. The predicted molar refractivity (Wildman–Crippen MR) is 76.9 cm³/mol. The van der Waals surface area contributed by atoms with Crippen LogP contribution < -0.4 is 5.32 Å². The van der Waals surface area contributed by atoms with Gasteiger partial charge in [-0.25, -0.2) is 9.78 Å². The van der Waals surface area contributed by atoms with Crippen molar-refractivity contribution in [2.75, 3.05) is 11.9 Å².